The van der Waals surface area contributed by atoms with Crippen LogP contribution in [0.2, 0.25) is 0 Å². The summed E-state index contributed by atoms with van der Waals surface area (Å²) in [6.45, 7) is 0. The van der Waals surface area contributed by atoms with E-state index in [2.05, 4.69) is 0 Å². The molecule has 1 atom stereocenters. The number of carboxylic acid groups (broad SMARTS) is 1. The smallest absolute Gasteiger partial charge is 0.325 e. The Balaban J connectivity index is 3.24. The molecule has 0 fully saturated rings. The maximum absolute atomic E-state index is 10.5. The maximum atomic E-state index is 10.5. The van der Waals surface area contributed by atoms with Crippen molar-refractivity contribution in [1.82, 2.24) is 0 Å². The van der Waals surface area contributed by atoms with Crippen molar-refractivity contribution in [2.45, 2.75) is 6.04 Å². The summed E-state index contributed by atoms with van der Waals surface area (Å²) in [5.74, 6) is -1.62. The first-order valence-corrected chi connectivity index (χ1v) is 3.78. The number of aromatic hydroxyl groups is 1. The van der Waals surface area contributed by atoms with Crippen molar-refractivity contribution < 1.29 is 15.0 Å². The average molecular weight is 192 g/mol. The second-order valence-corrected chi connectivity index (χ2v) is 2.67. The Labute approximate surface area is 80.0 Å². The van der Waals surface area contributed by atoms with Gasteiger partial charge in [0.1, 0.15) is 17.9 Å². The summed E-state index contributed by atoms with van der Waals surface area (Å²) in [7, 11) is 0. The first-order valence-electron chi connectivity index (χ1n) is 3.78. The summed E-state index contributed by atoms with van der Waals surface area (Å²) >= 11 is 0. The van der Waals surface area contributed by atoms with Crippen molar-refractivity contribution in [2.24, 2.45) is 5.73 Å². The molecule has 0 radical (unpaired) electrons. The van der Waals surface area contributed by atoms with Crippen LogP contribution in [-0.4, -0.2) is 16.2 Å². The SMILES string of the molecule is N#Cc1cccc(C(N)C(=O)O)c1O. The molecule has 0 amide bonds. The third-order valence-corrected chi connectivity index (χ3v) is 1.79. The molecule has 0 bridgehead atoms. The first kappa shape index (κ1) is 10.0. The number of hydrogen-bond donors (Lipinski definition) is 3. The molecule has 72 valence electrons. The van der Waals surface area contributed by atoms with Crippen LogP contribution in [0, 0.1) is 11.3 Å². The van der Waals surface area contributed by atoms with Crippen molar-refractivity contribution in [2.75, 3.05) is 0 Å². The zero-order valence-corrected chi connectivity index (χ0v) is 7.14. The van der Waals surface area contributed by atoms with E-state index >= 15 is 0 Å². The number of nitrogens with two attached hydrogens (primary N) is 1. The number of phenolic OH excluding ortho intramolecular Hbond substituents is 1. The number of rotatable bonds is 2. The molecule has 1 rings (SSSR count). The van der Waals surface area contributed by atoms with E-state index in [9.17, 15) is 9.90 Å². The number of nitriles is 1. The second-order valence-electron chi connectivity index (χ2n) is 2.67. The number of aliphatic carboxylic acids is 1. The number of hydrogen-bond acceptors (Lipinski definition) is 4. The third-order valence-electron chi connectivity index (χ3n) is 1.79. The minimum Gasteiger partial charge on any atom is -0.506 e. The van der Waals surface area contributed by atoms with Crippen LogP contribution in [0.5, 0.6) is 5.75 Å². The highest BCUT2D eigenvalue weighted by Crippen LogP contribution is 2.26. The van der Waals surface area contributed by atoms with Gasteiger partial charge in [-0.3, -0.25) is 4.79 Å². The zero-order chi connectivity index (χ0) is 10.7. The quantitative estimate of drug-likeness (QED) is 0.626. The molecule has 1 aromatic carbocycles. The average Bonchev–Trinajstić information content (AvgIpc) is 2.17. The first-order chi connectivity index (χ1) is 6.57. The number of nitrogens with zero attached hydrogens (tertiary/aromatic N) is 1. The van der Waals surface area contributed by atoms with Gasteiger partial charge in [-0.15, -0.1) is 0 Å². The van der Waals surface area contributed by atoms with Crippen LogP contribution in [-0.2, 0) is 4.79 Å². The summed E-state index contributed by atoms with van der Waals surface area (Å²) in [5.41, 5.74) is 5.34. The lowest BCUT2D eigenvalue weighted by atomic mass is 10.0. The fraction of sp³-hybridized carbons (Fsp3) is 0.111. The summed E-state index contributed by atoms with van der Waals surface area (Å²) < 4.78 is 0. The highest BCUT2D eigenvalue weighted by Gasteiger charge is 2.19. The van der Waals surface area contributed by atoms with Gasteiger partial charge in [-0.25, -0.2) is 0 Å². The van der Waals surface area contributed by atoms with Gasteiger partial charge in [0.05, 0.1) is 5.56 Å². The monoisotopic (exact) mass is 192 g/mol. The largest absolute Gasteiger partial charge is 0.506 e. The fourth-order valence-electron chi connectivity index (χ4n) is 1.04. The zero-order valence-electron chi connectivity index (χ0n) is 7.14. The van der Waals surface area contributed by atoms with Crippen molar-refractivity contribution in [1.29, 1.82) is 5.26 Å². The Hall–Kier alpha value is -2.06. The Kier molecular flexibility index (Phi) is 2.70. The molecule has 0 spiro atoms. The van der Waals surface area contributed by atoms with E-state index in [1.165, 1.54) is 18.2 Å². The molecule has 1 aromatic rings. The fourth-order valence-corrected chi connectivity index (χ4v) is 1.04. The Morgan fingerprint density at radius 3 is 2.71 bits per heavy atom. The maximum Gasteiger partial charge on any atom is 0.325 e. The minimum absolute atomic E-state index is 0.0131. The van der Waals surface area contributed by atoms with Crippen molar-refractivity contribution in [3.05, 3.63) is 29.3 Å². The Bertz CT molecular complexity index is 409. The molecular weight excluding hydrogens is 184 g/mol. The molecule has 1 unspecified atom stereocenters. The number of benzene rings is 1. The van der Waals surface area contributed by atoms with Crippen LogP contribution >= 0.6 is 0 Å². The molecule has 0 heterocycles. The lowest BCUT2D eigenvalue weighted by molar-refractivity contribution is -0.138. The molecule has 0 saturated heterocycles. The van der Waals surface area contributed by atoms with E-state index in [1.54, 1.807) is 6.07 Å². The molecule has 0 aliphatic carbocycles. The summed E-state index contributed by atoms with van der Waals surface area (Å²) in [6.07, 6.45) is 0. The van der Waals surface area contributed by atoms with Gasteiger partial charge in [0.15, 0.2) is 0 Å². The summed E-state index contributed by atoms with van der Waals surface area (Å²) in [5, 5.41) is 26.6. The van der Waals surface area contributed by atoms with Gasteiger partial charge in [0.25, 0.3) is 0 Å². The predicted octanol–water partition coefficient (Wildman–Crippen LogP) is 0.348. The summed E-state index contributed by atoms with van der Waals surface area (Å²) in [6, 6.07) is 4.64. The van der Waals surface area contributed by atoms with Gasteiger partial charge in [-0.2, -0.15) is 5.26 Å². The summed E-state index contributed by atoms with van der Waals surface area (Å²) in [4.78, 5) is 10.5. The predicted molar refractivity (Wildman–Crippen MR) is 47.4 cm³/mol. The lowest BCUT2D eigenvalue weighted by Gasteiger charge is -2.09. The normalized spacial score (nSPS) is 11.7. The highest BCUT2D eigenvalue weighted by atomic mass is 16.4. The molecule has 5 nitrogen and oxygen atoms in total. The Morgan fingerprint density at radius 2 is 2.21 bits per heavy atom. The van der Waals surface area contributed by atoms with Crippen molar-refractivity contribution >= 4 is 5.97 Å². The Morgan fingerprint density at radius 1 is 1.57 bits per heavy atom. The van der Waals surface area contributed by atoms with Crippen LogP contribution in [0.15, 0.2) is 18.2 Å². The molecule has 0 aliphatic rings. The minimum atomic E-state index is -1.32. The van der Waals surface area contributed by atoms with Gasteiger partial charge in [-0.1, -0.05) is 12.1 Å². The second kappa shape index (κ2) is 3.77. The van der Waals surface area contributed by atoms with Crippen molar-refractivity contribution in [3.63, 3.8) is 0 Å². The molecule has 14 heavy (non-hydrogen) atoms. The molecular formula is C9H8N2O3. The van der Waals surface area contributed by atoms with Gasteiger partial charge in [0.2, 0.25) is 0 Å². The van der Waals surface area contributed by atoms with E-state index in [-0.39, 0.29) is 16.9 Å². The van der Waals surface area contributed by atoms with Crippen LogP contribution in [0.3, 0.4) is 0 Å². The lowest BCUT2D eigenvalue weighted by Crippen LogP contribution is -2.20. The van der Waals surface area contributed by atoms with Crippen LogP contribution in [0.25, 0.3) is 0 Å². The van der Waals surface area contributed by atoms with E-state index < -0.39 is 12.0 Å². The highest BCUT2D eigenvalue weighted by molar-refractivity contribution is 5.76. The van der Waals surface area contributed by atoms with Gasteiger partial charge < -0.3 is 15.9 Å². The van der Waals surface area contributed by atoms with Gasteiger partial charge in [0, 0.05) is 5.56 Å². The molecule has 0 aliphatic heterocycles. The topological polar surface area (TPSA) is 107 Å². The number of carbonyl (C=O) groups is 1. The van der Waals surface area contributed by atoms with E-state index in [1.807, 2.05) is 0 Å². The molecule has 5 heteroatoms. The van der Waals surface area contributed by atoms with E-state index in [0.717, 1.165) is 0 Å². The number of phenols is 1. The molecule has 0 aromatic heterocycles. The van der Waals surface area contributed by atoms with Crippen LogP contribution in [0.1, 0.15) is 17.2 Å². The molecule has 4 N–H and O–H groups in total. The van der Waals surface area contributed by atoms with Crippen LogP contribution in [0.4, 0.5) is 0 Å². The number of carboxylic acids is 1. The van der Waals surface area contributed by atoms with Crippen molar-refractivity contribution in [3.8, 4) is 11.8 Å². The van der Waals surface area contributed by atoms with Gasteiger partial charge >= 0.3 is 5.97 Å². The van der Waals surface area contributed by atoms with Gasteiger partial charge in [-0.05, 0) is 6.07 Å². The van der Waals surface area contributed by atoms with Crippen LogP contribution < -0.4 is 5.73 Å². The standard InChI is InChI=1S/C9H8N2O3/c10-4-5-2-1-3-6(8(5)12)7(11)9(13)14/h1-3,7,12H,11H2,(H,13,14). The molecule has 0 saturated carbocycles. The van der Waals surface area contributed by atoms with E-state index in [0.29, 0.717) is 0 Å². The third kappa shape index (κ3) is 1.65. The van der Waals surface area contributed by atoms with E-state index in [4.69, 9.17) is 16.1 Å². The number of para-hydroxylation sites is 1.